The zero-order valence-corrected chi connectivity index (χ0v) is 48.2. The number of halogens is 2. The van der Waals surface area contributed by atoms with Crippen molar-refractivity contribution in [2.45, 2.75) is 163 Å². The van der Waals surface area contributed by atoms with Crippen LogP contribution in [0.15, 0.2) is 54.3 Å². The van der Waals surface area contributed by atoms with Crippen molar-refractivity contribution >= 4 is 53.2 Å². The molecule has 0 radical (unpaired) electrons. The number of hydrogen-bond acceptors (Lipinski definition) is 13. The number of aldehydes is 1. The van der Waals surface area contributed by atoms with Gasteiger partial charge >= 0.3 is 0 Å². The molecule has 4 saturated heterocycles. The second-order valence-electron chi connectivity index (χ2n) is 23.6. The molecule has 4 aliphatic heterocycles. The molecule has 8 rings (SSSR count). The Bertz CT molecular complexity index is 2510. The van der Waals surface area contributed by atoms with Crippen molar-refractivity contribution in [1.29, 1.82) is 0 Å². The minimum absolute atomic E-state index is 0.0129. The van der Waals surface area contributed by atoms with Crippen LogP contribution in [0, 0.1) is 29.4 Å². The van der Waals surface area contributed by atoms with Crippen LogP contribution >= 0.6 is 11.3 Å². The van der Waals surface area contributed by atoms with Crippen LogP contribution in [-0.4, -0.2) is 126 Å². The molecule has 0 aliphatic carbocycles. The molecule has 2 aromatic carbocycles. The molecule has 77 heavy (non-hydrogen) atoms. The number of benzene rings is 2. The highest BCUT2D eigenvalue weighted by atomic mass is 32.1. The van der Waals surface area contributed by atoms with E-state index in [-0.39, 0.29) is 40.9 Å². The van der Waals surface area contributed by atoms with E-state index in [1.54, 1.807) is 22.6 Å². The first-order valence-electron chi connectivity index (χ1n) is 27.9. The third-order valence-electron chi connectivity index (χ3n) is 15.9. The fraction of sp³-hybridized carbons (Fsp3) is 0.610. The molecule has 4 aliphatic rings. The fourth-order valence-corrected chi connectivity index (χ4v) is 11.1. The van der Waals surface area contributed by atoms with Crippen molar-refractivity contribution in [2.24, 2.45) is 10.8 Å². The first-order valence-corrected chi connectivity index (χ1v) is 28.8. The molecule has 3 unspecified atom stereocenters. The highest BCUT2D eigenvalue weighted by Gasteiger charge is 2.42. The van der Waals surface area contributed by atoms with Crippen molar-refractivity contribution in [3.05, 3.63) is 82.8 Å². The first-order chi connectivity index (χ1) is 36.7. The van der Waals surface area contributed by atoms with Gasteiger partial charge in [-0.1, -0.05) is 78.1 Å². The number of aromatic nitrogens is 3. The number of unbranched alkanes of at least 4 members (excludes halogenated alkanes) is 4. The standard InChI is InChI=1S/C40H60F2N8O3.C13H14N2OS.C6H13N/c1-38(2,3)33(26-51)46-36(52)11-9-7-6-8-10-16-43-34-23-35(45-28-44-34)49-19-14-40(15-20-49)27-50(25-37(53)47-40)32-22-30(41)29(21-31(32)42)24-48-17-12-39(4,5)13-18-48;1-9(14-7-16)11-3-5-12(6-4-11)13-10(2)15-8-17-13;1-6-4-3-5-7(6)2/h21-23,26,28,33H,6-20,24-25,27H2,1-5H3,(H,46,52)(H,47,53)(H,43,44,45);3-9H,1-2H3,(H,14,16);6H,3-5H2,1-2H3. The summed E-state index contributed by atoms with van der Waals surface area (Å²) in [4.78, 5) is 69.6. The smallest absolute Gasteiger partial charge is 0.240 e. The molecule has 4 fully saturated rings. The van der Waals surface area contributed by atoms with Crippen LogP contribution in [0.1, 0.15) is 148 Å². The van der Waals surface area contributed by atoms with E-state index in [1.807, 2.05) is 58.3 Å². The second kappa shape index (κ2) is 28.3. The average Bonchev–Trinajstić information content (AvgIpc) is 4.02. The highest BCUT2D eigenvalue weighted by Crippen LogP contribution is 2.35. The van der Waals surface area contributed by atoms with Gasteiger partial charge in [-0.05, 0) is 127 Å². The summed E-state index contributed by atoms with van der Waals surface area (Å²) in [6.45, 7) is 22.4. The summed E-state index contributed by atoms with van der Waals surface area (Å²) in [6, 6.07) is 13.2. The Morgan fingerprint density at radius 3 is 2.22 bits per heavy atom. The van der Waals surface area contributed by atoms with Crippen molar-refractivity contribution < 1.29 is 28.0 Å². The molecule has 3 atom stereocenters. The molecule has 4 aromatic rings. The van der Waals surface area contributed by atoms with Gasteiger partial charge in [-0.15, -0.1) is 11.3 Å². The van der Waals surface area contributed by atoms with Crippen LogP contribution in [-0.2, 0) is 25.7 Å². The number of nitrogens with one attached hydrogen (secondary N) is 4. The van der Waals surface area contributed by atoms with Gasteiger partial charge in [0.05, 0.1) is 45.9 Å². The summed E-state index contributed by atoms with van der Waals surface area (Å²) in [5.41, 5.74) is 5.12. The number of piperidine rings is 2. The molecule has 1 spiro atoms. The van der Waals surface area contributed by atoms with E-state index in [9.17, 15) is 19.2 Å². The first kappa shape index (κ1) is 60.6. The summed E-state index contributed by atoms with van der Waals surface area (Å²) in [7, 11) is 2.19. The van der Waals surface area contributed by atoms with E-state index in [2.05, 4.69) is 90.9 Å². The Labute approximate surface area is 461 Å². The predicted molar refractivity (Wildman–Crippen MR) is 306 cm³/mol. The number of thiazole rings is 1. The SMILES string of the molecule is CC1(C)CCN(Cc2cc(F)c(N3CC(=O)NC4(CCN(c5cc(NCCCCCCCC(=O)NC(C=O)C(C)(C)C)ncn5)CC4)C3)cc2F)CC1.CC1CCCN1C.Cc1ncsc1-c1ccc(C(C)NC=O)cc1. The van der Waals surface area contributed by atoms with Crippen molar-refractivity contribution in [2.75, 3.05) is 74.5 Å². The minimum atomic E-state index is -0.545. The molecular weight excluding hydrogens is 997 g/mol. The molecule has 2 aromatic heterocycles. The van der Waals surface area contributed by atoms with Crippen LogP contribution in [0.25, 0.3) is 10.4 Å². The third-order valence-corrected chi connectivity index (χ3v) is 16.9. The Balaban J connectivity index is 0.000000325. The monoisotopic (exact) mass is 1080 g/mol. The Kier molecular flexibility index (Phi) is 22.3. The van der Waals surface area contributed by atoms with Crippen LogP contribution in [0.4, 0.5) is 26.1 Å². The van der Waals surface area contributed by atoms with Gasteiger partial charge in [-0.2, -0.15) is 0 Å². The maximum Gasteiger partial charge on any atom is 0.240 e. The molecule has 422 valence electrons. The minimum Gasteiger partial charge on any atom is -0.370 e. The molecule has 0 bridgehead atoms. The number of piperazine rings is 1. The summed E-state index contributed by atoms with van der Waals surface area (Å²) < 4.78 is 31.0. The number of amides is 3. The van der Waals surface area contributed by atoms with Gasteiger partial charge in [0, 0.05) is 62.9 Å². The lowest BCUT2D eigenvalue weighted by Gasteiger charge is -2.48. The molecular formula is C59H87F2N11O4S. The lowest BCUT2D eigenvalue weighted by molar-refractivity contribution is -0.125. The van der Waals surface area contributed by atoms with E-state index >= 15 is 8.78 Å². The second-order valence-corrected chi connectivity index (χ2v) is 24.5. The Morgan fingerprint density at radius 2 is 1.61 bits per heavy atom. The molecule has 15 nitrogen and oxygen atoms in total. The van der Waals surface area contributed by atoms with Crippen molar-refractivity contribution in [3.8, 4) is 10.4 Å². The molecule has 6 heterocycles. The quantitative estimate of drug-likeness (QED) is 0.0519. The van der Waals surface area contributed by atoms with Crippen molar-refractivity contribution in [1.82, 2.24) is 40.7 Å². The third kappa shape index (κ3) is 18.2. The van der Waals surface area contributed by atoms with Crippen LogP contribution < -0.4 is 31.1 Å². The van der Waals surface area contributed by atoms with Crippen LogP contribution in [0.3, 0.4) is 0 Å². The lowest BCUT2D eigenvalue weighted by Crippen LogP contribution is -2.66. The van der Waals surface area contributed by atoms with E-state index in [1.165, 1.54) is 42.0 Å². The van der Waals surface area contributed by atoms with Gasteiger partial charge in [0.15, 0.2) is 0 Å². The molecule has 18 heteroatoms. The summed E-state index contributed by atoms with van der Waals surface area (Å²) in [5.74, 6) is 0.364. The molecule has 0 saturated carbocycles. The highest BCUT2D eigenvalue weighted by molar-refractivity contribution is 7.13. The zero-order valence-electron chi connectivity index (χ0n) is 47.4. The van der Waals surface area contributed by atoms with Crippen molar-refractivity contribution in [3.63, 3.8) is 0 Å². The Hall–Kier alpha value is -5.59. The van der Waals surface area contributed by atoms with Gasteiger partial charge in [-0.3, -0.25) is 19.3 Å². The number of nitrogens with zero attached hydrogens (tertiary/aromatic N) is 7. The number of rotatable bonds is 19. The number of anilines is 3. The maximum atomic E-state index is 15.6. The number of aryl methyl sites for hydroxylation is 1. The summed E-state index contributed by atoms with van der Waals surface area (Å²) in [5, 5.41) is 12.1. The summed E-state index contributed by atoms with van der Waals surface area (Å²) in [6.07, 6.45) is 14.4. The van der Waals surface area contributed by atoms with Gasteiger partial charge in [0.25, 0.3) is 0 Å². The fourth-order valence-electron chi connectivity index (χ4n) is 10.3. The van der Waals surface area contributed by atoms with Crippen LogP contribution in [0.2, 0.25) is 0 Å². The van der Waals surface area contributed by atoms with E-state index in [0.717, 1.165) is 106 Å². The predicted octanol–water partition coefficient (Wildman–Crippen LogP) is 9.86. The topological polar surface area (TPSA) is 168 Å². The van der Waals surface area contributed by atoms with Gasteiger partial charge in [0.2, 0.25) is 18.2 Å². The van der Waals surface area contributed by atoms with Gasteiger partial charge in [-0.25, -0.2) is 23.7 Å². The Morgan fingerprint density at radius 1 is 0.909 bits per heavy atom. The van der Waals surface area contributed by atoms with E-state index in [4.69, 9.17) is 0 Å². The number of hydrogen-bond donors (Lipinski definition) is 4. The maximum absolute atomic E-state index is 15.6. The van der Waals surface area contributed by atoms with Gasteiger partial charge in [0.1, 0.15) is 35.9 Å². The number of carbonyl (C=O) groups excluding carboxylic acids is 4. The lowest BCUT2D eigenvalue weighted by atomic mass is 9.82. The van der Waals surface area contributed by atoms with Crippen LogP contribution in [0.5, 0.6) is 0 Å². The number of carbonyl (C=O) groups is 4. The number of likely N-dealkylation sites (tertiary alicyclic amines) is 2. The average molecular weight is 1080 g/mol. The van der Waals surface area contributed by atoms with E-state index < -0.39 is 23.2 Å². The van der Waals surface area contributed by atoms with Gasteiger partial charge < -0.3 is 40.8 Å². The van der Waals surface area contributed by atoms with E-state index in [0.29, 0.717) is 51.0 Å². The normalized spacial score (nSPS) is 19.2. The molecule has 4 N–H and O–H groups in total. The molecule has 3 amide bonds. The largest absolute Gasteiger partial charge is 0.370 e. The zero-order chi connectivity index (χ0) is 55.8. The summed E-state index contributed by atoms with van der Waals surface area (Å²) >= 11 is 1.64.